The van der Waals surface area contributed by atoms with E-state index in [1.165, 1.54) is 22.5 Å². The largest absolute Gasteiger partial charge is 0.293 e. The smallest absolute Gasteiger partial charge is 0.0592 e. The molecule has 2 heterocycles. The van der Waals surface area contributed by atoms with Crippen molar-refractivity contribution in [1.82, 2.24) is 9.88 Å². The fourth-order valence-electron chi connectivity index (χ4n) is 1.82. The Kier molecular flexibility index (Phi) is 2.08. The molecule has 0 unspecified atom stereocenters. The molecule has 2 heteroatoms. The quantitative estimate of drug-likeness (QED) is 0.651. The van der Waals surface area contributed by atoms with Crippen LogP contribution in [0.25, 0.3) is 0 Å². The standard InChI is InChI=1S/C11H16N2/c1-4-13-6-10-5-8(2)9(3)12-11(10)7-13/h5H,4,6-7H2,1-3H3. The third-order valence-electron chi connectivity index (χ3n) is 2.85. The molecule has 0 saturated heterocycles. The maximum atomic E-state index is 4.61. The minimum atomic E-state index is 1.03. The van der Waals surface area contributed by atoms with Gasteiger partial charge in [-0.3, -0.25) is 9.88 Å². The molecule has 2 rings (SSSR count). The van der Waals surface area contributed by atoms with Gasteiger partial charge in [0, 0.05) is 18.8 Å². The second-order valence-electron chi connectivity index (χ2n) is 3.80. The van der Waals surface area contributed by atoms with Crippen molar-refractivity contribution in [3.05, 3.63) is 28.6 Å². The fraction of sp³-hybridized carbons (Fsp3) is 0.545. The zero-order valence-electron chi connectivity index (χ0n) is 8.59. The maximum Gasteiger partial charge on any atom is 0.0592 e. The fourth-order valence-corrected chi connectivity index (χ4v) is 1.82. The molecule has 2 nitrogen and oxygen atoms in total. The van der Waals surface area contributed by atoms with Gasteiger partial charge in [-0.1, -0.05) is 13.0 Å². The monoisotopic (exact) mass is 176 g/mol. The van der Waals surface area contributed by atoms with Gasteiger partial charge in [0.2, 0.25) is 0 Å². The van der Waals surface area contributed by atoms with Crippen LogP contribution in [-0.2, 0) is 13.1 Å². The van der Waals surface area contributed by atoms with Gasteiger partial charge in [-0.05, 0) is 31.5 Å². The van der Waals surface area contributed by atoms with Crippen LogP contribution in [0.15, 0.2) is 6.07 Å². The van der Waals surface area contributed by atoms with Gasteiger partial charge >= 0.3 is 0 Å². The Morgan fingerprint density at radius 3 is 2.85 bits per heavy atom. The summed E-state index contributed by atoms with van der Waals surface area (Å²) in [5.74, 6) is 0. The summed E-state index contributed by atoms with van der Waals surface area (Å²) in [6, 6.07) is 2.29. The van der Waals surface area contributed by atoms with Crippen LogP contribution in [0.2, 0.25) is 0 Å². The van der Waals surface area contributed by atoms with E-state index >= 15 is 0 Å². The third-order valence-corrected chi connectivity index (χ3v) is 2.85. The van der Waals surface area contributed by atoms with Crippen LogP contribution in [0.5, 0.6) is 0 Å². The second-order valence-corrected chi connectivity index (χ2v) is 3.80. The van der Waals surface area contributed by atoms with E-state index in [-0.39, 0.29) is 0 Å². The van der Waals surface area contributed by atoms with Crippen LogP contribution in [0, 0.1) is 13.8 Å². The number of nitrogens with zero attached hydrogens (tertiary/aromatic N) is 2. The summed E-state index contributed by atoms with van der Waals surface area (Å²) in [4.78, 5) is 7.02. The third kappa shape index (κ3) is 1.46. The molecule has 0 aromatic carbocycles. The molecule has 0 saturated carbocycles. The van der Waals surface area contributed by atoms with Gasteiger partial charge in [0.05, 0.1) is 5.69 Å². The molecular formula is C11H16N2. The lowest BCUT2D eigenvalue weighted by Crippen LogP contribution is -2.14. The topological polar surface area (TPSA) is 16.1 Å². The van der Waals surface area contributed by atoms with Crippen molar-refractivity contribution < 1.29 is 0 Å². The highest BCUT2D eigenvalue weighted by atomic mass is 15.1. The first-order chi connectivity index (χ1) is 6.20. The van der Waals surface area contributed by atoms with E-state index in [2.05, 4.69) is 36.7 Å². The molecule has 0 spiro atoms. The molecule has 1 aliphatic rings. The zero-order valence-corrected chi connectivity index (χ0v) is 8.59. The number of aryl methyl sites for hydroxylation is 2. The lowest BCUT2D eigenvalue weighted by atomic mass is 10.1. The molecule has 0 aliphatic carbocycles. The van der Waals surface area contributed by atoms with Gasteiger partial charge < -0.3 is 0 Å². The lowest BCUT2D eigenvalue weighted by molar-refractivity contribution is 0.299. The molecule has 0 N–H and O–H groups in total. The first-order valence-electron chi connectivity index (χ1n) is 4.89. The molecule has 1 aliphatic heterocycles. The van der Waals surface area contributed by atoms with Crippen LogP contribution in [-0.4, -0.2) is 16.4 Å². The second kappa shape index (κ2) is 3.11. The van der Waals surface area contributed by atoms with Crippen molar-refractivity contribution >= 4 is 0 Å². The van der Waals surface area contributed by atoms with Crippen LogP contribution in [0.1, 0.15) is 29.4 Å². The highest BCUT2D eigenvalue weighted by molar-refractivity contribution is 5.31. The first-order valence-corrected chi connectivity index (χ1v) is 4.89. The predicted octanol–water partition coefficient (Wildman–Crippen LogP) is 2.03. The Morgan fingerprint density at radius 2 is 2.15 bits per heavy atom. The minimum absolute atomic E-state index is 1.03. The average molecular weight is 176 g/mol. The van der Waals surface area contributed by atoms with E-state index in [1.54, 1.807) is 0 Å². The van der Waals surface area contributed by atoms with Crippen molar-refractivity contribution in [1.29, 1.82) is 0 Å². The van der Waals surface area contributed by atoms with E-state index in [0.717, 1.165) is 19.6 Å². The van der Waals surface area contributed by atoms with Crippen molar-refractivity contribution in [3.63, 3.8) is 0 Å². The highest BCUT2D eigenvalue weighted by Crippen LogP contribution is 2.22. The molecule has 0 atom stereocenters. The summed E-state index contributed by atoms with van der Waals surface area (Å²) in [6.45, 7) is 9.66. The number of aromatic nitrogens is 1. The van der Waals surface area contributed by atoms with Gasteiger partial charge in [0.15, 0.2) is 0 Å². The SMILES string of the molecule is CCN1Cc2cc(C)c(C)nc2C1. The van der Waals surface area contributed by atoms with E-state index in [4.69, 9.17) is 0 Å². The number of rotatable bonds is 1. The van der Waals surface area contributed by atoms with Gasteiger partial charge in [-0.2, -0.15) is 0 Å². The molecule has 0 amide bonds. The van der Waals surface area contributed by atoms with Crippen LogP contribution < -0.4 is 0 Å². The predicted molar refractivity (Wildman–Crippen MR) is 53.5 cm³/mol. The Bertz CT molecular complexity index is 300. The summed E-state index contributed by atoms with van der Waals surface area (Å²) in [6.07, 6.45) is 0. The van der Waals surface area contributed by atoms with E-state index in [9.17, 15) is 0 Å². The van der Waals surface area contributed by atoms with Gasteiger partial charge in [0.1, 0.15) is 0 Å². The van der Waals surface area contributed by atoms with Gasteiger partial charge in [-0.25, -0.2) is 0 Å². The molecular weight excluding hydrogens is 160 g/mol. The highest BCUT2D eigenvalue weighted by Gasteiger charge is 2.19. The summed E-state index contributed by atoms with van der Waals surface area (Å²) in [5, 5.41) is 0. The number of pyridine rings is 1. The molecule has 0 fully saturated rings. The summed E-state index contributed by atoms with van der Waals surface area (Å²) in [5.41, 5.74) is 5.20. The Morgan fingerprint density at radius 1 is 1.38 bits per heavy atom. The first kappa shape index (κ1) is 8.70. The Hall–Kier alpha value is -0.890. The van der Waals surface area contributed by atoms with E-state index < -0.39 is 0 Å². The summed E-state index contributed by atoms with van der Waals surface area (Å²) in [7, 11) is 0. The number of hydrogen-bond donors (Lipinski definition) is 0. The van der Waals surface area contributed by atoms with Gasteiger partial charge in [-0.15, -0.1) is 0 Å². The van der Waals surface area contributed by atoms with Crippen molar-refractivity contribution in [2.45, 2.75) is 33.9 Å². The molecule has 1 aromatic rings. The van der Waals surface area contributed by atoms with Crippen LogP contribution in [0.4, 0.5) is 0 Å². The Labute approximate surface area is 79.6 Å². The number of fused-ring (bicyclic) bond motifs is 1. The van der Waals surface area contributed by atoms with Crippen molar-refractivity contribution in [3.8, 4) is 0 Å². The van der Waals surface area contributed by atoms with E-state index in [1.807, 2.05) is 0 Å². The average Bonchev–Trinajstić information content (AvgIpc) is 2.48. The molecule has 0 bridgehead atoms. The van der Waals surface area contributed by atoms with E-state index in [0.29, 0.717) is 0 Å². The molecule has 1 aromatic heterocycles. The normalized spacial score (nSPS) is 16.2. The van der Waals surface area contributed by atoms with Gasteiger partial charge in [0.25, 0.3) is 0 Å². The minimum Gasteiger partial charge on any atom is -0.293 e. The summed E-state index contributed by atoms with van der Waals surface area (Å²) >= 11 is 0. The number of hydrogen-bond acceptors (Lipinski definition) is 2. The van der Waals surface area contributed by atoms with Crippen molar-refractivity contribution in [2.24, 2.45) is 0 Å². The van der Waals surface area contributed by atoms with Crippen LogP contribution in [0.3, 0.4) is 0 Å². The maximum absolute atomic E-state index is 4.61. The van der Waals surface area contributed by atoms with Crippen LogP contribution >= 0.6 is 0 Å². The Balaban J connectivity index is 2.36. The molecule has 13 heavy (non-hydrogen) atoms. The lowest BCUT2D eigenvalue weighted by Gasteiger charge is -2.08. The molecule has 0 radical (unpaired) electrons. The van der Waals surface area contributed by atoms with Crippen molar-refractivity contribution in [2.75, 3.05) is 6.54 Å². The zero-order chi connectivity index (χ0) is 9.42. The molecule has 70 valence electrons. The summed E-state index contributed by atoms with van der Waals surface area (Å²) < 4.78 is 0.